The molecule has 11 heavy (non-hydrogen) atoms. The van der Waals surface area contributed by atoms with Crippen LogP contribution in [0, 0.1) is 5.41 Å². The molecule has 1 rings (SSSR count). The van der Waals surface area contributed by atoms with E-state index in [0.717, 1.165) is 18.4 Å². The average Bonchev–Trinajstić information content (AvgIpc) is 2.66. The normalized spacial score (nSPS) is 22.5. The molecular formula is C9H14O2. The first-order valence-electron chi connectivity index (χ1n) is 3.88. The number of carboxylic acids is 1. The van der Waals surface area contributed by atoms with Gasteiger partial charge in [-0.15, -0.1) is 0 Å². The highest BCUT2D eigenvalue weighted by molar-refractivity contribution is 5.87. The SMILES string of the molecule is C/C(C(=O)O)=C(/C)C1(C)CC1. The molecule has 0 heterocycles. The first kappa shape index (κ1) is 8.31. The molecular weight excluding hydrogens is 140 g/mol. The molecule has 0 saturated heterocycles. The predicted octanol–water partition coefficient (Wildman–Crippen LogP) is 2.21. The summed E-state index contributed by atoms with van der Waals surface area (Å²) in [5.74, 6) is -0.782. The van der Waals surface area contributed by atoms with Gasteiger partial charge in [0.25, 0.3) is 0 Å². The Morgan fingerprint density at radius 2 is 1.82 bits per heavy atom. The molecule has 62 valence electrons. The highest BCUT2D eigenvalue weighted by Crippen LogP contribution is 2.51. The van der Waals surface area contributed by atoms with Crippen LogP contribution in [0.1, 0.15) is 33.6 Å². The van der Waals surface area contributed by atoms with Gasteiger partial charge < -0.3 is 5.11 Å². The Bertz CT molecular complexity index is 222. The standard InChI is InChI=1S/C9H14O2/c1-6(8(10)11)7(2)9(3)4-5-9/h4-5H2,1-3H3,(H,10,11)/b7-6+. The molecule has 0 amide bonds. The molecule has 0 atom stereocenters. The summed E-state index contributed by atoms with van der Waals surface area (Å²) in [6.07, 6.45) is 2.28. The van der Waals surface area contributed by atoms with Crippen molar-refractivity contribution in [3.63, 3.8) is 0 Å². The number of rotatable bonds is 2. The third-order valence-electron chi connectivity index (χ3n) is 2.79. The van der Waals surface area contributed by atoms with Crippen LogP contribution in [0.25, 0.3) is 0 Å². The lowest BCUT2D eigenvalue weighted by Gasteiger charge is -2.10. The summed E-state index contributed by atoms with van der Waals surface area (Å²) in [5.41, 5.74) is 1.78. The Hall–Kier alpha value is -0.790. The summed E-state index contributed by atoms with van der Waals surface area (Å²) in [6, 6.07) is 0. The topological polar surface area (TPSA) is 37.3 Å². The smallest absolute Gasteiger partial charge is 0.331 e. The molecule has 0 aromatic carbocycles. The second-order valence-corrected chi connectivity index (χ2v) is 3.62. The van der Waals surface area contributed by atoms with E-state index in [0.29, 0.717) is 5.57 Å². The monoisotopic (exact) mass is 154 g/mol. The summed E-state index contributed by atoms with van der Waals surface area (Å²) in [6.45, 7) is 5.73. The molecule has 0 aliphatic heterocycles. The maximum absolute atomic E-state index is 10.6. The van der Waals surface area contributed by atoms with Gasteiger partial charge in [-0.3, -0.25) is 0 Å². The highest BCUT2D eigenvalue weighted by Gasteiger charge is 2.40. The van der Waals surface area contributed by atoms with E-state index >= 15 is 0 Å². The summed E-state index contributed by atoms with van der Waals surface area (Å²) < 4.78 is 0. The van der Waals surface area contributed by atoms with Crippen molar-refractivity contribution >= 4 is 5.97 Å². The van der Waals surface area contributed by atoms with Gasteiger partial charge in [0.15, 0.2) is 0 Å². The van der Waals surface area contributed by atoms with E-state index < -0.39 is 5.97 Å². The molecule has 0 unspecified atom stereocenters. The summed E-state index contributed by atoms with van der Waals surface area (Å²) >= 11 is 0. The molecule has 0 spiro atoms. The zero-order valence-electron chi connectivity index (χ0n) is 7.27. The Morgan fingerprint density at radius 3 is 2.09 bits per heavy atom. The van der Waals surface area contributed by atoms with Crippen LogP contribution in [0.15, 0.2) is 11.1 Å². The van der Waals surface area contributed by atoms with Crippen LogP contribution in [-0.2, 0) is 4.79 Å². The van der Waals surface area contributed by atoms with Crippen LogP contribution in [0.3, 0.4) is 0 Å². The van der Waals surface area contributed by atoms with Gasteiger partial charge >= 0.3 is 5.97 Å². The molecule has 2 nitrogen and oxygen atoms in total. The Labute approximate surface area is 66.9 Å². The van der Waals surface area contributed by atoms with Crippen molar-refractivity contribution in [3.05, 3.63) is 11.1 Å². The Balaban J connectivity index is 2.86. The number of hydrogen-bond acceptors (Lipinski definition) is 1. The predicted molar refractivity (Wildman–Crippen MR) is 43.4 cm³/mol. The van der Waals surface area contributed by atoms with Crippen LogP contribution < -0.4 is 0 Å². The molecule has 1 fully saturated rings. The van der Waals surface area contributed by atoms with Crippen LogP contribution in [0.4, 0.5) is 0 Å². The number of aliphatic carboxylic acids is 1. The van der Waals surface area contributed by atoms with E-state index in [1.54, 1.807) is 6.92 Å². The number of carboxylic acid groups (broad SMARTS) is 1. The van der Waals surface area contributed by atoms with Gasteiger partial charge in [-0.05, 0) is 32.1 Å². The Kier molecular flexibility index (Phi) is 1.78. The average molecular weight is 154 g/mol. The minimum Gasteiger partial charge on any atom is -0.478 e. The van der Waals surface area contributed by atoms with Crippen molar-refractivity contribution in [3.8, 4) is 0 Å². The fourth-order valence-electron chi connectivity index (χ4n) is 1.18. The first-order chi connectivity index (χ1) is 4.97. The minimum absolute atomic E-state index is 0.211. The van der Waals surface area contributed by atoms with Crippen molar-refractivity contribution in [2.75, 3.05) is 0 Å². The summed E-state index contributed by atoms with van der Waals surface area (Å²) in [4.78, 5) is 10.6. The second-order valence-electron chi connectivity index (χ2n) is 3.62. The lowest BCUT2D eigenvalue weighted by Crippen LogP contribution is -2.05. The third kappa shape index (κ3) is 1.44. The van der Waals surface area contributed by atoms with Crippen molar-refractivity contribution in [1.82, 2.24) is 0 Å². The zero-order valence-corrected chi connectivity index (χ0v) is 7.27. The van der Waals surface area contributed by atoms with Crippen molar-refractivity contribution in [2.24, 2.45) is 5.41 Å². The third-order valence-corrected chi connectivity index (χ3v) is 2.79. The lowest BCUT2D eigenvalue weighted by atomic mass is 9.95. The highest BCUT2D eigenvalue weighted by atomic mass is 16.4. The largest absolute Gasteiger partial charge is 0.478 e. The van der Waals surface area contributed by atoms with Crippen LogP contribution in [-0.4, -0.2) is 11.1 Å². The second kappa shape index (κ2) is 2.36. The van der Waals surface area contributed by atoms with E-state index in [2.05, 4.69) is 6.92 Å². The maximum atomic E-state index is 10.6. The molecule has 1 aliphatic carbocycles. The summed E-state index contributed by atoms with van der Waals surface area (Å²) in [5, 5.41) is 8.69. The molecule has 0 bridgehead atoms. The zero-order chi connectivity index (χ0) is 8.65. The number of allylic oxidation sites excluding steroid dienone is 1. The Morgan fingerprint density at radius 1 is 1.36 bits per heavy atom. The first-order valence-corrected chi connectivity index (χ1v) is 3.88. The van der Waals surface area contributed by atoms with Gasteiger partial charge in [-0.1, -0.05) is 12.5 Å². The molecule has 1 aliphatic rings. The molecule has 0 aromatic rings. The number of carbonyl (C=O) groups is 1. The summed E-state index contributed by atoms with van der Waals surface area (Å²) in [7, 11) is 0. The van der Waals surface area contributed by atoms with Gasteiger partial charge in [0.2, 0.25) is 0 Å². The quantitative estimate of drug-likeness (QED) is 0.619. The van der Waals surface area contributed by atoms with Crippen LogP contribution in [0.2, 0.25) is 0 Å². The van der Waals surface area contributed by atoms with Crippen molar-refractivity contribution < 1.29 is 9.90 Å². The molecule has 1 saturated carbocycles. The van der Waals surface area contributed by atoms with Crippen LogP contribution >= 0.6 is 0 Å². The van der Waals surface area contributed by atoms with E-state index in [1.807, 2.05) is 6.92 Å². The van der Waals surface area contributed by atoms with E-state index in [9.17, 15) is 4.79 Å². The van der Waals surface area contributed by atoms with Gasteiger partial charge in [0, 0.05) is 5.57 Å². The fraction of sp³-hybridized carbons (Fsp3) is 0.667. The molecule has 0 radical (unpaired) electrons. The van der Waals surface area contributed by atoms with Crippen LogP contribution in [0.5, 0.6) is 0 Å². The maximum Gasteiger partial charge on any atom is 0.331 e. The lowest BCUT2D eigenvalue weighted by molar-refractivity contribution is -0.132. The molecule has 2 heteroatoms. The van der Waals surface area contributed by atoms with Gasteiger partial charge in [0.05, 0.1) is 0 Å². The van der Waals surface area contributed by atoms with E-state index in [-0.39, 0.29) is 5.41 Å². The molecule has 1 N–H and O–H groups in total. The molecule has 0 aromatic heterocycles. The fourth-order valence-corrected chi connectivity index (χ4v) is 1.18. The van der Waals surface area contributed by atoms with E-state index in [4.69, 9.17) is 5.11 Å². The van der Waals surface area contributed by atoms with Crippen molar-refractivity contribution in [1.29, 1.82) is 0 Å². The number of hydrogen-bond donors (Lipinski definition) is 1. The van der Waals surface area contributed by atoms with Gasteiger partial charge in [-0.25, -0.2) is 4.79 Å². The van der Waals surface area contributed by atoms with E-state index in [1.165, 1.54) is 0 Å². The van der Waals surface area contributed by atoms with Gasteiger partial charge in [-0.2, -0.15) is 0 Å². The van der Waals surface area contributed by atoms with Gasteiger partial charge in [0.1, 0.15) is 0 Å². The van der Waals surface area contributed by atoms with Crippen molar-refractivity contribution in [2.45, 2.75) is 33.6 Å². The minimum atomic E-state index is -0.782.